The molecule has 190 valence electrons. The predicted octanol–water partition coefficient (Wildman–Crippen LogP) is 3.45. The zero-order valence-electron chi connectivity index (χ0n) is 20.9. The van der Waals surface area contributed by atoms with E-state index in [1.807, 2.05) is 42.7 Å². The largest absolute Gasteiger partial charge is 0.383 e. The molecule has 1 fully saturated rings. The van der Waals surface area contributed by atoms with Crippen LogP contribution in [0.1, 0.15) is 30.4 Å². The van der Waals surface area contributed by atoms with Crippen molar-refractivity contribution in [3.05, 3.63) is 72.2 Å². The minimum Gasteiger partial charge on any atom is -0.383 e. The fraction of sp³-hybridized carbons (Fsp3) is 0.429. The van der Waals surface area contributed by atoms with Crippen LogP contribution in [-0.4, -0.2) is 77.5 Å². The van der Waals surface area contributed by atoms with Crippen molar-refractivity contribution in [2.45, 2.75) is 37.8 Å². The van der Waals surface area contributed by atoms with Gasteiger partial charge in [-0.15, -0.1) is 0 Å². The van der Waals surface area contributed by atoms with E-state index in [1.165, 1.54) is 5.56 Å². The highest BCUT2D eigenvalue weighted by Gasteiger charge is 2.42. The van der Waals surface area contributed by atoms with Gasteiger partial charge in [0.2, 0.25) is 0 Å². The topological polar surface area (TPSA) is 87.7 Å². The van der Waals surface area contributed by atoms with Crippen molar-refractivity contribution < 1.29 is 14.3 Å². The smallest absolute Gasteiger partial charge is 0.318 e. The lowest BCUT2D eigenvalue weighted by atomic mass is 9.86. The second-order valence-corrected chi connectivity index (χ2v) is 9.33. The van der Waals surface area contributed by atoms with Crippen molar-refractivity contribution in [3.63, 3.8) is 0 Å². The van der Waals surface area contributed by atoms with Gasteiger partial charge in [-0.3, -0.25) is 14.9 Å². The number of pyridine rings is 2. The summed E-state index contributed by atoms with van der Waals surface area (Å²) in [5, 5.41) is 4.17. The summed E-state index contributed by atoms with van der Waals surface area (Å²) in [5.74, 6) is 0. The molecule has 0 aliphatic carbocycles. The van der Waals surface area contributed by atoms with Gasteiger partial charge in [-0.2, -0.15) is 0 Å². The Morgan fingerprint density at radius 2 is 2.00 bits per heavy atom. The van der Waals surface area contributed by atoms with E-state index in [0.717, 1.165) is 55.2 Å². The molecule has 0 bridgehead atoms. The van der Waals surface area contributed by atoms with Crippen molar-refractivity contribution in [2.24, 2.45) is 0 Å². The minimum atomic E-state index is -0.831. The van der Waals surface area contributed by atoms with Crippen LogP contribution in [0.4, 0.5) is 4.79 Å². The lowest BCUT2D eigenvalue weighted by molar-refractivity contribution is -0.120. The zero-order valence-corrected chi connectivity index (χ0v) is 20.9. The summed E-state index contributed by atoms with van der Waals surface area (Å²) in [4.78, 5) is 38.3. The zero-order chi connectivity index (χ0) is 25.2. The summed E-state index contributed by atoms with van der Waals surface area (Å²) < 4.78 is 5.27. The highest BCUT2D eigenvalue weighted by molar-refractivity contribution is 5.82. The second-order valence-electron chi connectivity index (χ2n) is 9.33. The number of urea groups is 1. The number of piperidine rings is 1. The summed E-state index contributed by atoms with van der Waals surface area (Å²) in [6, 6.07) is 14.0. The molecule has 2 aromatic heterocycles. The number of aromatic nitrogens is 2. The Bertz CT molecular complexity index is 1130. The number of hydrogen-bond donors (Lipinski definition) is 1. The molecule has 1 N–H and O–H groups in total. The monoisotopic (exact) mass is 489 g/mol. The Morgan fingerprint density at radius 1 is 1.17 bits per heavy atom. The number of rotatable bonds is 11. The number of methoxy groups -OCH3 is 1. The molecule has 0 saturated carbocycles. The number of aryl methyl sites for hydroxylation is 1. The third-order valence-electron chi connectivity index (χ3n) is 7.02. The van der Waals surface area contributed by atoms with E-state index >= 15 is 0 Å². The maximum absolute atomic E-state index is 13.2. The van der Waals surface area contributed by atoms with Gasteiger partial charge in [0.15, 0.2) is 0 Å². The first kappa shape index (κ1) is 25.7. The summed E-state index contributed by atoms with van der Waals surface area (Å²) in [7, 11) is 1.61. The van der Waals surface area contributed by atoms with Gasteiger partial charge in [0.1, 0.15) is 11.8 Å². The van der Waals surface area contributed by atoms with E-state index in [0.29, 0.717) is 32.5 Å². The average molecular weight is 490 g/mol. The molecule has 0 radical (unpaired) electrons. The summed E-state index contributed by atoms with van der Waals surface area (Å²) in [6.45, 7) is 3.54. The number of fused-ring (bicyclic) bond motifs is 1. The number of para-hydroxylation sites is 1. The number of amides is 2. The van der Waals surface area contributed by atoms with Gasteiger partial charge >= 0.3 is 6.03 Å². The molecule has 3 heterocycles. The van der Waals surface area contributed by atoms with Gasteiger partial charge < -0.3 is 19.7 Å². The van der Waals surface area contributed by atoms with Gasteiger partial charge in [0.25, 0.3) is 0 Å². The number of ether oxygens (including phenoxy) is 1. The molecule has 0 unspecified atom stereocenters. The maximum Gasteiger partial charge on any atom is 0.318 e. The molecule has 2 amide bonds. The number of carbonyl (C=O) groups excluding carboxylic acids is 2. The lowest BCUT2D eigenvalue weighted by Crippen LogP contribution is -2.61. The number of carbonyl (C=O) groups is 2. The Hall–Kier alpha value is -3.36. The molecule has 0 atom stereocenters. The first-order valence-electron chi connectivity index (χ1n) is 12.6. The summed E-state index contributed by atoms with van der Waals surface area (Å²) in [6.07, 6.45) is 9.23. The first-order valence-corrected chi connectivity index (χ1v) is 12.6. The van der Waals surface area contributed by atoms with E-state index in [-0.39, 0.29) is 6.03 Å². The van der Waals surface area contributed by atoms with Gasteiger partial charge in [-0.1, -0.05) is 24.3 Å². The predicted molar refractivity (Wildman–Crippen MR) is 140 cm³/mol. The molecule has 1 saturated heterocycles. The minimum absolute atomic E-state index is 0.209. The van der Waals surface area contributed by atoms with Gasteiger partial charge in [-0.25, -0.2) is 4.79 Å². The number of benzene rings is 1. The molecule has 3 aromatic rings. The Balaban J connectivity index is 1.37. The third kappa shape index (κ3) is 6.25. The molecule has 1 aliphatic rings. The standard InChI is InChI=1S/C28H35N5O3/c1-36-19-18-33(27(35)31-14-5-7-23-6-4-13-29-20-23)28(22-34)11-16-32(17-12-28)21-24-10-15-30-26-9-3-2-8-25(24)26/h2-4,6,8-10,13,15,20,22H,5,7,11-12,14,16-19,21H2,1H3,(H,31,35). The molecular formula is C28H35N5O3. The highest BCUT2D eigenvalue weighted by atomic mass is 16.5. The first-order chi connectivity index (χ1) is 17.6. The van der Waals surface area contributed by atoms with E-state index in [9.17, 15) is 9.59 Å². The summed E-state index contributed by atoms with van der Waals surface area (Å²) in [5.41, 5.74) is 2.52. The van der Waals surface area contributed by atoms with E-state index in [2.05, 4.69) is 32.3 Å². The van der Waals surface area contributed by atoms with Crippen LogP contribution >= 0.6 is 0 Å². The fourth-order valence-electron chi connectivity index (χ4n) is 4.92. The van der Waals surface area contributed by atoms with Crippen molar-refractivity contribution in [2.75, 3.05) is 39.9 Å². The van der Waals surface area contributed by atoms with Crippen LogP contribution in [0.15, 0.2) is 61.1 Å². The molecule has 8 nitrogen and oxygen atoms in total. The maximum atomic E-state index is 13.2. The Morgan fingerprint density at radius 3 is 2.75 bits per heavy atom. The quantitative estimate of drug-likeness (QED) is 0.328. The third-order valence-corrected chi connectivity index (χ3v) is 7.02. The van der Waals surface area contributed by atoms with Crippen LogP contribution in [0.25, 0.3) is 10.9 Å². The van der Waals surface area contributed by atoms with Crippen LogP contribution in [0.3, 0.4) is 0 Å². The van der Waals surface area contributed by atoms with Gasteiger partial charge in [-0.05, 0) is 55.0 Å². The van der Waals surface area contributed by atoms with Crippen molar-refractivity contribution in [1.29, 1.82) is 0 Å². The van der Waals surface area contributed by atoms with Crippen molar-refractivity contribution >= 4 is 23.2 Å². The van der Waals surface area contributed by atoms with Crippen molar-refractivity contribution in [3.8, 4) is 0 Å². The molecule has 4 rings (SSSR count). The van der Waals surface area contributed by atoms with E-state index < -0.39 is 5.54 Å². The van der Waals surface area contributed by atoms with Crippen LogP contribution in [0.2, 0.25) is 0 Å². The highest BCUT2D eigenvalue weighted by Crippen LogP contribution is 2.29. The summed E-state index contributed by atoms with van der Waals surface area (Å²) >= 11 is 0. The molecule has 36 heavy (non-hydrogen) atoms. The van der Waals surface area contributed by atoms with E-state index in [1.54, 1.807) is 18.2 Å². The van der Waals surface area contributed by atoms with Crippen LogP contribution in [0.5, 0.6) is 0 Å². The van der Waals surface area contributed by atoms with Crippen LogP contribution < -0.4 is 5.32 Å². The number of hydrogen-bond acceptors (Lipinski definition) is 6. The number of nitrogens with one attached hydrogen (secondary N) is 1. The molecule has 8 heteroatoms. The lowest BCUT2D eigenvalue weighted by Gasteiger charge is -2.45. The fourth-order valence-corrected chi connectivity index (χ4v) is 4.92. The molecular weight excluding hydrogens is 454 g/mol. The Kier molecular flexibility index (Phi) is 8.97. The SMILES string of the molecule is COCCN(C(=O)NCCCc1cccnc1)C1(C=O)CCN(Cc2ccnc3ccccc23)CC1. The van der Waals surface area contributed by atoms with Gasteiger partial charge in [0.05, 0.1) is 12.1 Å². The number of aldehydes is 1. The van der Waals surface area contributed by atoms with Crippen LogP contribution in [0, 0.1) is 0 Å². The molecule has 0 spiro atoms. The van der Waals surface area contributed by atoms with Crippen molar-refractivity contribution in [1.82, 2.24) is 25.1 Å². The normalized spacial score (nSPS) is 15.5. The number of likely N-dealkylation sites (tertiary alicyclic amines) is 1. The van der Waals surface area contributed by atoms with E-state index in [4.69, 9.17) is 4.74 Å². The Labute approximate surface area is 212 Å². The number of nitrogens with zero attached hydrogens (tertiary/aromatic N) is 4. The second kappa shape index (κ2) is 12.6. The van der Waals surface area contributed by atoms with Crippen LogP contribution in [-0.2, 0) is 22.5 Å². The average Bonchev–Trinajstić information content (AvgIpc) is 2.93. The molecule has 1 aromatic carbocycles. The van der Waals surface area contributed by atoms with Gasteiger partial charge in [0, 0.05) is 63.8 Å². The molecule has 1 aliphatic heterocycles.